The maximum Gasteiger partial charge on any atom is 0.147 e. The number of rotatable bonds is 2. The van der Waals surface area contributed by atoms with Crippen molar-refractivity contribution in [1.82, 2.24) is 4.90 Å². The molecule has 0 aromatic rings. The lowest BCUT2D eigenvalue weighted by Gasteiger charge is -2.57. The van der Waals surface area contributed by atoms with Crippen LogP contribution in [0.15, 0.2) is 0 Å². The van der Waals surface area contributed by atoms with Gasteiger partial charge >= 0.3 is 0 Å². The minimum Gasteiger partial charge on any atom is -0.381 e. The van der Waals surface area contributed by atoms with Gasteiger partial charge < -0.3 is 19.9 Å². The topological polar surface area (TPSA) is 80.7 Å². The molecule has 0 radical (unpaired) electrons. The zero-order valence-corrected chi connectivity index (χ0v) is 17.0. The predicted octanol–water partition coefficient (Wildman–Crippen LogP) is 2.48. The Morgan fingerprint density at radius 1 is 0.964 bits per heavy atom. The molecule has 5 fully saturated rings. The van der Waals surface area contributed by atoms with E-state index in [1.165, 1.54) is 19.3 Å². The number of hydrogen-bond acceptors (Lipinski definition) is 6. The monoisotopic (exact) mass is 389 g/mol. The van der Waals surface area contributed by atoms with Gasteiger partial charge in [-0.2, -0.15) is 5.26 Å². The van der Waals surface area contributed by atoms with Crippen LogP contribution in [-0.2, 0) is 14.2 Å². The first-order chi connectivity index (χ1) is 13.7. The van der Waals surface area contributed by atoms with Gasteiger partial charge in [0.25, 0.3) is 0 Å². The van der Waals surface area contributed by atoms with Crippen molar-refractivity contribution in [2.24, 2.45) is 35.3 Å². The average Bonchev–Trinajstić information content (AvgIpc) is 3.19. The zero-order valence-electron chi connectivity index (χ0n) is 17.0. The summed E-state index contributed by atoms with van der Waals surface area (Å²) in [5.41, 5.74) is 6.75. The van der Waals surface area contributed by atoms with Gasteiger partial charge in [0, 0.05) is 19.7 Å². The van der Waals surface area contributed by atoms with E-state index in [-0.39, 0.29) is 18.2 Å². The third-order valence-corrected chi connectivity index (χ3v) is 8.83. The van der Waals surface area contributed by atoms with Crippen molar-refractivity contribution in [3.8, 4) is 6.07 Å². The summed E-state index contributed by atoms with van der Waals surface area (Å²) in [6.07, 6.45) is 10.0. The van der Waals surface area contributed by atoms with Gasteiger partial charge in [-0.05, 0) is 75.0 Å². The number of nitrogens with zero attached hydrogens (tertiary/aromatic N) is 2. The van der Waals surface area contributed by atoms with Crippen molar-refractivity contribution in [3.63, 3.8) is 0 Å². The molecule has 2 aliphatic carbocycles. The molecule has 3 saturated heterocycles. The Bertz CT molecular complexity index is 602. The number of ether oxygens (including phenoxy) is 3. The van der Waals surface area contributed by atoms with Crippen LogP contribution in [0.4, 0.5) is 0 Å². The molecule has 3 heterocycles. The van der Waals surface area contributed by atoms with Crippen LogP contribution in [0.5, 0.6) is 0 Å². The van der Waals surface area contributed by atoms with Gasteiger partial charge in [0.15, 0.2) is 0 Å². The smallest absolute Gasteiger partial charge is 0.147 e. The first-order valence-electron chi connectivity index (χ1n) is 11.4. The highest BCUT2D eigenvalue weighted by Gasteiger charge is 2.53. The molecule has 3 aliphatic heterocycles. The summed E-state index contributed by atoms with van der Waals surface area (Å²) in [4.78, 5) is 2.49. The van der Waals surface area contributed by atoms with Crippen molar-refractivity contribution < 1.29 is 14.2 Å². The Morgan fingerprint density at radius 2 is 1.71 bits per heavy atom. The average molecular weight is 390 g/mol. The predicted molar refractivity (Wildman–Crippen MR) is 104 cm³/mol. The van der Waals surface area contributed by atoms with Crippen LogP contribution in [0.1, 0.15) is 51.4 Å². The molecule has 6 heteroatoms. The molecule has 8 unspecified atom stereocenters. The van der Waals surface area contributed by atoms with E-state index in [1.54, 1.807) is 0 Å². The fraction of sp³-hybridized carbons (Fsp3) is 0.955. The molecule has 28 heavy (non-hydrogen) atoms. The second-order valence-electron chi connectivity index (χ2n) is 9.83. The Morgan fingerprint density at radius 3 is 2.43 bits per heavy atom. The van der Waals surface area contributed by atoms with Crippen LogP contribution in [0.3, 0.4) is 0 Å². The molecule has 0 amide bonds. The van der Waals surface area contributed by atoms with E-state index in [1.807, 2.05) is 7.11 Å². The highest BCUT2D eigenvalue weighted by Crippen LogP contribution is 2.50. The molecule has 6 nitrogen and oxygen atoms in total. The maximum atomic E-state index is 9.99. The molecule has 5 aliphatic rings. The third-order valence-electron chi connectivity index (χ3n) is 8.83. The second kappa shape index (κ2) is 7.85. The lowest BCUT2D eigenvalue weighted by atomic mass is 9.61. The number of nitrogens with two attached hydrogens (primary N) is 1. The van der Waals surface area contributed by atoms with E-state index in [0.29, 0.717) is 42.8 Å². The van der Waals surface area contributed by atoms with E-state index < -0.39 is 0 Å². The molecule has 156 valence electrons. The van der Waals surface area contributed by atoms with E-state index in [0.717, 1.165) is 44.6 Å². The standard InChI is InChI=1S/C22H35N3O3/c1-26-15-4-2-13(3-5-15)16-9-19-17-10-21-20(27-12-28-21)8-14(17)6-7-25(19)22(24)18(16)11-23/h13-22H,2-10,12,24H2,1H3. The van der Waals surface area contributed by atoms with Gasteiger partial charge in [-0.15, -0.1) is 0 Å². The fourth-order valence-corrected chi connectivity index (χ4v) is 7.31. The van der Waals surface area contributed by atoms with Crippen molar-refractivity contribution in [1.29, 1.82) is 5.26 Å². The van der Waals surface area contributed by atoms with Crippen molar-refractivity contribution in [2.45, 2.75) is 81.9 Å². The van der Waals surface area contributed by atoms with E-state index in [9.17, 15) is 5.26 Å². The van der Waals surface area contributed by atoms with Gasteiger partial charge in [-0.25, -0.2) is 0 Å². The fourth-order valence-electron chi connectivity index (χ4n) is 7.31. The third kappa shape index (κ3) is 3.20. The molecule has 0 aromatic carbocycles. The number of fused-ring (bicyclic) bond motifs is 4. The molecule has 5 rings (SSSR count). The second-order valence-corrected chi connectivity index (χ2v) is 9.83. The Labute approximate surface area is 168 Å². The maximum absolute atomic E-state index is 9.99. The highest BCUT2D eigenvalue weighted by molar-refractivity contribution is 5.08. The number of methoxy groups -OCH3 is 1. The summed E-state index contributed by atoms with van der Waals surface area (Å²) in [6, 6.07) is 3.13. The first kappa shape index (κ1) is 19.3. The van der Waals surface area contributed by atoms with Crippen LogP contribution < -0.4 is 5.73 Å². The minimum absolute atomic E-state index is 0.0423. The van der Waals surface area contributed by atoms with E-state index in [4.69, 9.17) is 19.9 Å². The van der Waals surface area contributed by atoms with E-state index >= 15 is 0 Å². The minimum atomic E-state index is -0.117. The molecular weight excluding hydrogens is 354 g/mol. The zero-order chi connectivity index (χ0) is 19.3. The van der Waals surface area contributed by atoms with Crippen molar-refractivity contribution >= 4 is 0 Å². The Kier molecular flexibility index (Phi) is 5.40. The normalized spacial score (nSPS) is 51.6. The highest BCUT2D eigenvalue weighted by atomic mass is 16.7. The Balaban J connectivity index is 1.35. The summed E-state index contributed by atoms with van der Waals surface area (Å²) in [5, 5.41) is 9.99. The van der Waals surface area contributed by atoms with E-state index in [2.05, 4.69) is 11.0 Å². The van der Waals surface area contributed by atoms with Crippen LogP contribution in [0.25, 0.3) is 0 Å². The van der Waals surface area contributed by atoms with Gasteiger partial charge in [0.1, 0.15) is 6.79 Å². The van der Waals surface area contributed by atoms with Crippen LogP contribution in [0.2, 0.25) is 0 Å². The Hall–Kier alpha value is -0.710. The van der Waals surface area contributed by atoms with Gasteiger partial charge in [-0.1, -0.05) is 0 Å². The SMILES string of the molecule is COC1CCC(C2CC3C4CC5OCOC5CC4CCN3C(N)C2C#N)CC1. The number of hydrogen-bond donors (Lipinski definition) is 1. The lowest BCUT2D eigenvalue weighted by Crippen LogP contribution is -2.65. The van der Waals surface area contributed by atoms with Crippen LogP contribution in [-0.4, -0.2) is 55.9 Å². The summed E-state index contributed by atoms with van der Waals surface area (Å²) >= 11 is 0. The molecular formula is C22H35N3O3. The summed E-state index contributed by atoms with van der Waals surface area (Å²) < 4.78 is 17.3. The summed E-state index contributed by atoms with van der Waals surface area (Å²) in [7, 11) is 1.82. The number of piperidine rings is 2. The molecule has 2 N–H and O–H groups in total. The molecule has 2 saturated carbocycles. The van der Waals surface area contributed by atoms with Crippen molar-refractivity contribution in [3.05, 3.63) is 0 Å². The molecule has 0 spiro atoms. The van der Waals surface area contributed by atoms with Gasteiger partial charge in [-0.3, -0.25) is 4.90 Å². The number of nitriles is 1. The first-order valence-corrected chi connectivity index (χ1v) is 11.4. The quantitative estimate of drug-likeness (QED) is 0.781. The summed E-state index contributed by atoms with van der Waals surface area (Å²) in [5.74, 6) is 2.36. The van der Waals surface area contributed by atoms with Gasteiger partial charge in [0.05, 0.1) is 36.5 Å². The molecule has 0 bridgehead atoms. The van der Waals surface area contributed by atoms with Crippen LogP contribution in [0, 0.1) is 40.9 Å². The largest absolute Gasteiger partial charge is 0.381 e. The summed E-state index contributed by atoms with van der Waals surface area (Å²) in [6.45, 7) is 1.50. The molecule has 8 atom stereocenters. The lowest BCUT2D eigenvalue weighted by molar-refractivity contribution is -0.0989. The van der Waals surface area contributed by atoms with Gasteiger partial charge in [0.2, 0.25) is 0 Å². The molecule has 0 aromatic heterocycles. The van der Waals surface area contributed by atoms with Crippen LogP contribution >= 0.6 is 0 Å². The van der Waals surface area contributed by atoms with Crippen molar-refractivity contribution in [2.75, 3.05) is 20.4 Å².